The summed E-state index contributed by atoms with van der Waals surface area (Å²) in [5, 5.41) is 5.50. The van der Waals surface area contributed by atoms with Gasteiger partial charge in [0.2, 0.25) is 5.91 Å². The summed E-state index contributed by atoms with van der Waals surface area (Å²) in [5.41, 5.74) is -1.01. The summed E-state index contributed by atoms with van der Waals surface area (Å²) in [7, 11) is 5.47. The maximum Gasteiger partial charge on any atom is 0.419 e. The molecule has 7 nitrogen and oxygen atoms in total. The predicted octanol–water partition coefficient (Wildman–Crippen LogP) is 2.66. The molecule has 0 aliphatic heterocycles. The van der Waals surface area contributed by atoms with Gasteiger partial charge < -0.3 is 15.4 Å². The Bertz CT molecular complexity index is 1200. The summed E-state index contributed by atoms with van der Waals surface area (Å²) in [6.45, 7) is 0.168. The second kappa shape index (κ2) is 9.16. The van der Waals surface area contributed by atoms with Crippen molar-refractivity contribution in [3.05, 3.63) is 77.9 Å². The number of ether oxygens (including phenoxy) is 1. The number of halogens is 3. The van der Waals surface area contributed by atoms with Crippen molar-refractivity contribution < 1.29 is 27.5 Å². The van der Waals surface area contributed by atoms with E-state index in [1.54, 1.807) is 12.1 Å². The molecule has 2 N–H and O–H groups in total. The molecule has 1 heterocycles. The lowest BCUT2D eigenvalue weighted by Crippen LogP contribution is -2.48. The van der Waals surface area contributed by atoms with Crippen molar-refractivity contribution in [3.8, 4) is 11.5 Å². The average Bonchev–Trinajstić information content (AvgIpc) is 3.60. The standard InChI is InChI=1S/C23H18BF3N4O3/c24-16-3-6-19(18(9-16)23(25,26)27)34-17-4-1-14(2-5-17)10-30-21(33)22(7-8-22)31-20(32)15-11-28-13-29-12-15/h1-6,9,11-13H,7-8,10H2,(H,30,33)(H,31,32). The summed E-state index contributed by atoms with van der Waals surface area (Å²) in [5.74, 6) is -0.926. The van der Waals surface area contributed by atoms with E-state index in [-0.39, 0.29) is 35.0 Å². The molecule has 0 atom stereocenters. The van der Waals surface area contributed by atoms with Crippen LogP contribution < -0.4 is 20.8 Å². The van der Waals surface area contributed by atoms with Crippen LogP contribution in [0.15, 0.2) is 61.2 Å². The fraction of sp³-hybridized carbons (Fsp3) is 0.217. The number of benzene rings is 2. The number of nitrogens with zero attached hydrogens (tertiary/aromatic N) is 2. The maximum atomic E-state index is 13.2. The van der Waals surface area contributed by atoms with Gasteiger partial charge in [-0.05, 0) is 36.6 Å². The Kier molecular flexibility index (Phi) is 6.27. The molecule has 1 aromatic heterocycles. The van der Waals surface area contributed by atoms with Crippen LogP contribution in [0.5, 0.6) is 11.5 Å². The molecule has 2 radical (unpaired) electrons. The minimum absolute atomic E-state index is 0.0208. The van der Waals surface area contributed by atoms with Crippen LogP contribution in [0.3, 0.4) is 0 Å². The van der Waals surface area contributed by atoms with Gasteiger partial charge in [-0.1, -0.05) is 29.7 Å². The van der Waals surface area contributed by atoms with Crippen molar-refractivity contribution in [3.63, 3.8) is 0 Å². The van der Waals surface area contributed by atoms with Crippen LogP contribution in [0.25, 0.3) is 0 Å². The van der Waals surface area contributed by atoms with E-state index in [0.717, 1.165) is 12.1 Å². The molecule has 1 aliphatic carbocycles. The second-order valence-corrected chi connectivity index (χ2v) is 7.85. The first-order chi connectivity index (χ1) is 16.2. The smallest absolute Gasteiger partial charge is 0.419 e. The molecule has 0 bridgehead atoms. The number of carbonyl (C=O) groups excluding carboxylic acids is 2. The third-order valence-electron chi connectivity index (χ3n) is 5.27. The minimum Gasteiger partial charge on any atom is -0.457 e. The summed E-state index contributed by atoms with van der Waals surface area (Å²) >= 11 is 0. The molecule has 11 heteroatoms. The van der Waals surface area contributed by atoms with Crippen LogP contribution in [-0.2, 0) is 17.5 Å². The Balaban J connectivity index is 1.35. The second-order valence-electron chi connectivity index (χ2n) is 7.85. The molecule has 1 aliphatic rings. The zero-order chi connectivity index (χ0) is 24.3. The van der Waals surface area contributed by atoms with Gasteiger partial charge >= 0.3 is 6.18 Å². The molecule has 2 amide bonds. The molecule has 172 valence electrons. The van der Waals surface area contributed by atoms with Crippen molar-refractivity contribution in [2.45, 2.75) is 31.1 Å². The van der Waals surface area contributed by atoms with Gasteiger partial charge in [-0.25, -0.2) is 9.97 Å². The summed E-state index contributed by atoms with van der Waals surface area (Å²) in [4.78, 5) is 32.5. The van der Waals surface area contributed by atoms with E-state index in [1.165, 1.54) is 36.9 Å². The van der Waals surface area contributed by atoms with E-state index >= 15 is 0 Å². The number of hydrogen-bond acceptors (Lipinski definition) is 5. The van der Waals surface area contributed by atoms with Gasteiger partial charge in [-0.15, -0.1) is 0 Å². The molecule has 0 spiro atoms. The van der Waals surface area contributed by atoms with E-state index in [4.69, 9.17) is 12.6 Å². The molecule has 3 aromatic rings. The molecule has 0 unspecified atom stereocenters. The van der Waals surface area contributed by atoms with Gasteiger partial charge in [-0.3, -0.25) is 9.59 Å². The zero-order valence-corrected chi connectivity index (χ0v) is 17.7. The number of amides is 2. The highest BCUT2D eigenvalue weighted by Crippen LogP contribution is 2.38. The van der Waals surface area contributed by atoms with Crippen molar-refractivity contribution in [2.75, 3.05) is 0 Å². The van der Waals surface area contributed by atoms with E-state index in [1.807, 2.05) is 0 Å². The number of carbonyl (C=O) groups is 2. The first kappa shape index (κ1) is 23.3. The van der Waals surface area contributed by atoms with E-state index in [2.05, 4.69) is 20.6 Å². The number of aromatic nitrogens is 2. The van der Waals surface area contributed by atoms with Crippen molar-refractivity contribution in [2.24, 2.45) is 0 Å². The molecule has 4 rings (SSSR count). The minimum atomic E-state index is -4.61. The number of hydrogen-bond donors (Lipinski definition) is 2. The third kappa shape index (κ3) is 5.36. The van der Waals surface area contributed by atoms with Crippen LogP contribution >= 0.6 is 0 Å². The van der Waals surface area contributed by atoms with Gasteiger partial charge in [0.1, 0.15) is 31.2 Å². The fourth-order valence-electron chi connectivity index (χ4n) is 3.25. The van der Waals surface area contributed by atoms with Crippen molar-refractivity contribution >= 4 is 25.1 Å². The van der Waals surface area contributed by atoms with Gasteiger partial charge in [0.15, 0.2) is 0 Å². The monoisotopic (exact) mass is 466 g/mol. The van der Waals surface area contributed by atoms with Gasteiger partial charge in [0.05, 0.1) is 11.1 Å². The first-order valence-corrected chi connectivity index (χ1v) is 10.3. The van der Waals surface area contributed by atoms with Crippen molar-refractivity contribution in [1.29, 1.82) is 0 Å². The van der Waals surface area contributed by atoms with Gasteiger partial charge in [0.25, 0.3) is 5.91 Å². The highest BCUT2D eigenvalue weighted by atomic mass is 19.4. The summed E-state index contributed by atoms with van der Waals surface area (Å²) in [6.07, 6.45) is 0.431. The van der Waals surface area contributed by atoms with Crippen LogP contribution in [-0.4, -0.2) is 35.2 Å². The maximum absolute atomic E-state index is 13.2. The van der Waals surface area contributed by atoms with Crippen molar-refractivity contribution in [1.82, 2.24) is 20.6 Å². The molecule has 1 saturated carbocycles. The van der Waals surface area contributed by atoms with E-state index in [9.17, 15) is 22.8 Å². The number of alkyl halides is 3. The lowest BCUT2D eigenvalue weighted by atomic mass is 9.94. The van der Waals surface area contributed by atoms with Gasteiger partial charge in [0, 0.05) is 18.9 Å². The number of rotatable bonds is 7. The van der Waals surface area contributed by atoms with Crippen LogP contribution in [0.1, 0.15) is 34.3 Å². The molecule has 2 aromatic carbocycles. The lowest BCUT2D eigenvalue weighted by Gasteiger charge is -2.17. The third-order valence-corrected chi connectivity index (χ3v) is 5.27. The number of nitrogens with one attached hydrogen (secondary N) is 2. The van der Waals surface area contributed by atoms with E-state index < -0.39 is 23.2 Å². The summed E-state index contributed by atoms with van der Waals surface area (Å²) in [6, 6.07) is 9.56. The molecule has 34 heavy (non-hydrogen) atoms. The normalized spacial score (nSPS) is 14.2. The highest BCUT2D eigenvalue weighted by Gasteiger charge is 2.51. The SMILES string of the molecule is [B]c1ccc(Oc2ccc(CNC(=O)C3(NC(=O)c4cncnc4)CC3)cc2)c(C(F)(F)F)c1. The molecular weight excluding hydrogens is 448 g/mol. The molecule has 0 saturated heterocycles. The van der Waals surface area contributed by atoms with E-state index in [0.29, 0.717) is 18.4 Å². The van der Waals surface area contributed by atoms with Crippen LogP contribution in [0.2, 0.25) is 0 Å². The quantitative estimate of drug-likeness (QED) is 0.523. The Morgan fingerprint density at radius 1 is 1.06 bits per heavy atom. The predicted molar refractivity (Wildman–Crippen MR) is 117 cm³/mol. The lowest BCUT2D eigenvalue weighted by molar-refractivity contribution is -0.138. The molecule has 1 fully saturated rings. The van der Waals surface area contributed by atoms with Crippen LogP contribution in [0.4, 0.5) is 13.2 Å². The van der Waals surface area contributed by atoms with Gasteiger partial charge in [-0.2, -0.15) is 13.2 Å². The molecular formula is C23H18BF3N4O3. The average molecular weight is 466 g/mol. The Morgan fingerprint density at radius 2 is 1.74 bits per heavy atom. The Hall–Kier alpha value is -3.89. The first-order valence-electron chi connectivity index (χ1n) is 10.3. The highest BCUT2D eigenvalue weighted by molar-refractivity contribution is 6.32. The Labute approximate surface area is 194 Å². The summed E-state index contributed by atoms with van der Waals surface area (Å²) < 4.78 is 45.1. The zero-order valence-electron chi connectivity index (χ0n) is 17.7. The Morgan fingerprint density at radius 3 is 2.35 bits per heavy atom. The fourth-order valence-corrected chi connectivity index (χ4v) is 3.25. The topological polar surface area (TPSA) is 93.2 Å². The van der Waals surface area contributed by atoms with Crippen LogP contribution in [0, 0.1) is 0 Å². The largest absolute Gasteiger partial charge is 0.457 e.